The van der Waals surface area contributed by atoms with Crippen LogP contribution in [0.1, 0.15) is 18.0 Å². The van der Waals surface area contributed by atoms with Crippen molar-refractivity contribution < 1.29 is 27.5 Å². The fourth-order valence-corrected chi connectivity index (χ4v) is 4.91. The smallest absolute Gasteiger partial charge is 0.247 e. The topological polar surface area (TPSA) is 95.1 Å². The van der Waals surface area contributed by atoms with Gasteiger partial charge in [-0.15, -0.1) is 0 Å². The van der Waals surface area contributed by atoms with Gasteiger partial charge >= 0.3 is 0 Å². The van der Waals surface area contributed by atoms with Gasteiger partial charge < -0.3 is 25.2 Å². The maximum Gasteiger partial charge on any atom is 0.247 e. The van der Waals surface area contributed by atoms with E-state index in [0.29, 0.717) is 22.9 Å². The lowest BCUT2D eigenvalue weighted by molar-refractivity contribution is -0.111. The molecular weight excluding hydrogens is 539 g/mol. The predicted molar refractivity (Wildman–Crippen MR) is 149 cm³/mol. The number of anilines is 5. The summed E-state index contributed by atoms with van der Waals surface area (Å²) in [6.45, 7) is 6.97. The zero-order valence-electron chi connectivity index (χ0n) is 22.7. The Morgan fingerprint density at radius 2 is 1.85 bits per heavy atom. The van der Waals surface area contributed by atoms with Gasteiger partial charge in [-0.3, -0.25) is 9.63 Å². The van der Waals surface area contributed by atoms with Gasteiger partial charge in [-0.1, -0.05) is 6.58 Å². The normalized spacial score (nSPS) is 17.4. The molecule has 2 aliphatic rings. The first-order valence-electron chi connectivity index (χ1n) is 13.0. The highest BCUT2D eigenvalue weighted by Gasteiger charge is 2.34. The summed E-state index contributed by atoms with van der Waals surface area (Å²) < 4.78 is 48.8. The van der Waals surface area contributed by atoms with E-state index in [1.54, 1.807) is 6.07 Å². The summed E-state index contributed by atoms with van der Waals surface area (Å²) in [5.41, 5.74) is 1.42. The summed E-state index contributed by atoms with van der Waals surface area (Å²) in [5, 5.41) is 7.29. The summed E-state index contributed by atoms with van der Waals surface area (Å²) in [5.74, 6) is -2.64. The van der Waals surface area contributed by atoms with Gasteiger partial charge in [0, 0.05) is 44.7 Å². The van der Waals surface area contributed by atoms with Crippen LogP contribution < -0.4 is 25.3 Å². The van der Waals surface area contributed by atoms with Crippen molar-refractivity contribution in [3.8, 4) is 5.75 Å². The van der Waals surface area contributed by atoms with Crippen molar-refractivity contribution in [3.05, 3.63) is 72.3 Å². The van der Waals surface area contributed by atoms with Gasteiger partial charge in [-0.25, -0.2) is 28.2 Å². The van der Waals surface area contributed by atoms with Crippen molar-refractivity contribution in [1.82, 2.24) is 14.9 Å². The molecular formula is C28H30F3N7O3. The minimum Gasteiger partial charge on any atom is -0.494 e. The van der Waals surface area contributed by atoms with E-state index in [1.165, 1.54) is 30.6 Å². The van der Waals surface area contributed by atoms with E-state index in [4.69, 9.17) is 9.57 Å². The molecule has 1 amide bonds. The molecule has 3 aromatic rings. The van der Waals surface area contributed by atoms with Crippen LogP contribution in [0.3, 0.4) is 0 Å². The molecule has 13 heteroatoms. The number of amides is 1. The fraction of sp³-hybridized carbons (Fsp3) is 0.321. The van der Waals surface area contributed by atoms with Crippen LogP contribution in [0.2, 0.25) is 0 Å². The molecule has 2 aromatic carbocycles. The first kappa shape index (κ1) is 28.2. The van der Waals surface area contributed by atoms with E-state index in [1.807, 2.05) is 6.07 Å². The Kier molecular flexibility index (Phi) is 8.26. The molecule has 1 unspecified atom stereocenters. The average Bonchev–Trinajstić information content (AvgIpc) is 3.45. The highest BCUT2D eigenvalue weighted by atomic mass is 19.2. The number of methoxy groups -OCH3 is 1. The minimum absolute atomic E-state index is 0.154. The van der Waals surface area contributed by atoms with Crippen LogP contribution in [-0.4, -0.2) is 67.7 Å². The number of rotatable bonds is 8. The van der Waals surface area contributed by atoms with Crippen molar-refractivity contribution in [2.45, 2.75) is 12.5 Å². The average molecular weight is 570 g/mol. The summed E-state index contributed by atoms with van der Waals surface area (Å²) in [6, 6.07) is 5.80. The van der Waals surface area contributed by atoms with E-state index < -0.39 is 29.1 Å². The van der Waals surface area contributed by atoms with Gasteiger partial charge in [0.05, 0.1) is 42.4 Å². The molecule has 0 spiro atoms. The van der Waals surface area contributed by atoms with Gasteiger partial charge in [-0.05, 0) is 31.3 Å². The molecule has 2 fully saturated rings. The van der Waals surface area contributed by atoms with E-state index >= 15 is 0 Å². The first-order chi connectivity index (χ1) is 19.8. The van der Waals surface area contributed by atoms with Crippen LogP contribution >= 0.6 is 0 Å². The minimum atomic E-state index is -1.27. The van der Waals surface area contributed by atoms with Gasteiger partial charge in [0.2, 0.25) is 5.91 Å². The number of ether oxygens (including phenoxy) is 1. The third-order valence-electron chi connectivity index (χ3n) is 7.06. The zero-order chi connectivity index (χ0) is 29.1. The number of hydrogen-bond donors (Lipinski definition) is 2. The van der Waals surface area contributed by atoms with Crippen LogP contribution in [0, 0.1) is 17.5 Å². The number of likely N-dealkylation sites (N-methyl/N-ethyl adjacent to an activating group) is 1. The number of aromatic nitrogens is 2. The lowest BCUT2D eigenvalue weighted by Gasteiger charge is -2.35. The lowest BCUT2D eigenvalue weighted by Crippen LogP contribution is -2.44. The third kappa shape index (κ3) is 5.91. The lowest BCUT2D eigenvalue weighted by atomic mass is 10.0. The number of nitrogens with zero attached hydrogens (tertiary/aromatic N) is 5. The van der Waals surface area contributed by atoms with E-state index in [2.05, 4.69) is 44.0 Å². The molecule has 2 saturated heterocycles. The van der Waals surface area contributed by atoms with Crippen molar-refractivity contribution in [2.75, 3.05) is 67.5 Å². The summed E-state index contributed by atoms with van der Waals surface area (Å²) in [4.78, 5) is 30.8. The maximum absolute atomic E-state index is 14.6. The molecule has 0 radical (unpaired) electrons. The third-order valence-corrected chi connectivity index (χ3v) is 7.06. The van der Waals surface area contributed by atoms with Crippen LogP contribution in [0.5, 0.6) is 5.75 Å². The maximum atomic E-state index is 14.6. The van der Waals surface area contributed by atoms with Gasteiger partial charge in [0.25, 0.3) is 0 Å². The first-order valence-corrected chi connectivity index (χ1v) is 13.0. The molecule has 5 rings (SSSR count). The molecule has 0 aliphatic carbocycles. The Hall–Kier alpha value is -4.36. The highest BCUT2D eigenvalue weighted by molar-refractivity contribution is 6.02. The largest absolute Gasteiger partial charge is 0.494 e. The van der Waals surface area contributed by atoms with E-state index in [-0.39, 0.29) is 24.8 Å². The van der Waals surface area contributed by atoms with Crippen molar-refractivity contribution in [1.29, 1.82) is 0 Å². The molecule has 1 atom stereocenters. The molecule has 0 bridgehead atoms. The molecule has 3 heterocycles. The van der Waals surface area contributed by atoms with Crippen LogP contribution in [-0.2, 0) is 9.63 Å². The van der Waals surface area contributed by atoms with E-state index in [9.17, 15) is 18.0 Å². The Balaban J connectivity index is 1.46. The van der Waals surface area contributed by atoms with Crippen molar-refractivity contribution in [3.63, 3.8) is 0 Å². The molecule has 0 saturated carbocycles. The Morgan fingerprint density at radius 3 is 2.59 bits per heavy atom. The van der Waals surface area contributed by atoms with Crippen molar-refractivity contribution >= 4 is 34.6 Å². The molecule has 1 aromatic heterocycles. The molecule has 10 nitrogen and oxygen atoms in total. The van der Waals surface area contributed by atoms with Gasteiger partial charge in [-0.2, -0.15) is 0 Å². The van der Waals surface area contributed by atoms with Crippen LogP contribution in [0.4, 0.5) is 41.9 Å². The predicted octanol–water partition coefficient (Wildman–Crippen LogP) is 4.41. The SMILES string of the molecule is C=CC(=O)Nc1cc(Nc2cc(N3OCCC3c3c(F)ccc(F)c3F)ncn2)c(OC)cc1N1CCN(C)CC1. The number of carbonyl (C=O) groups excluding carboxylic acids is 1. The fourth-order valence-electron chi connectivity index (χ4n) is 4.91. The second kappa shape index (κ2) is 12.0. The Labute approximate surface area is 235 Å². The molecule has 2 N–H and O–H groups in total. The van der Waals surface area contributed by atoms with Gasteiger partial charge in [0.15, 0.2) is 17.5 Å². The Bertz CT molecular complexity index is 1450. The number of benzene rings is 2. The van der Waals surface area contributed by atoms with Crippen molar-refractivity contribution in [2.24, 2.45) is 0 Å². The number of halogens is 3. The summed E-state index contributed by atoms with van der Waals surface area (Å²) in [7, 11) is 3.59. The summed E-state index contributed by atoms with van der Waals surface area (Å²) in [6.07, 6.45) is 2.68. The number of hydroxylamine groups is 1. The monoisotopic (exact) mass is 569 g/mol. The highest BCUT2D eigenvalue weighted by Crippen LogP contribution is 2.40. The Morgan fingerprint density at radius 1 is 1.10 bits per heavy atom. The van der Waals surface area contributed by atoms with Crippen LogP contribution in [0.25, 0.3) is 0 Å². The number of nitrogens with one attached hydrogen (secondary N) is 2. The number of hydrogen-bond acceptors (Lipinski definition) is 9. The molecule has 216 valence electrons. The van der Waals surface area contributed by atoms with Gasteiger partial charge in [0.1, 0.15) is 23.7 Å². The second-order valence-electron chi connectivity index (χ2n) is 9.66. The molecule has 2 aliphatic heterocycles. The van der Waals surface area contributed by atoms with E-state index in [0.717, 1.165) is 44.0 Å². The van der Waals surface area contributed by atoms with Crippen LogP contribution in [0.15, 0.2) is 49.3 Å². The number of piperazine rings is 1. The number of carbonyl (C=O) groups is 1. The zero-order valence-corrected chi connectivity index (χ0v) is 22.7. The molecule has 41 heavy (non-hydrogen) atoms. The second-order valence-corrected chi connectivity index (χ2v) is 9.66. The summed E-state index contributed by atoms with van der Waals surface area (Å²) >= 11 is 0. The quantitative estimate of drug-likeness (QED) is 0.302. The standard InChI is InChI=1S/C28H30F3N7O3/c1-4-26(39)35-19-13-20(23(40-3)14-22(19)37-10-8-36(2)9-11-37)34-24-15-25(33-16-32-24)38-21(7-12-41-38)27-17(29)5-6-18(30)28(27)31/h4-6,13-16,21H,1,7-12H2,2-3H3,(H,35,39)(H,32,33,34).